The Morgan fingerprint density at radius 3 is 2.52 bits per heavy atom. The van der Waals surface area contributed by atoms with Crippen LogP contribution in [0.5, 0.6) is 0 Å². The Kier molecular flexibility index (Phi) is 5.74. The minimum absolute atomic E-state index is 0.497. The van der Waals surface area contributed by atoms with Gasteiger partial charge in [-0.3, -0.25) is 5.01 Å². The zero-order valence-corrected chi connectivity index (χ0v) is 17.0. The molecule has 0 bridgehead atoms. The van der Waals surface area contributed by atoms with E-state index in [-0.39, 0.29) is 0 Å². The fourth-order valence-electron chi connectivity index (χ4n) is 3.85. The highest BCUT2D eigenvalue weighted by atomic mass is 32.1. The van der Waals surface area contributed by atoms with E-state index in [1.165, 1.54) is 19.3 Å². The van der Waals surface area contributed by atoms with Crippen LogP contribution in [-0.2, 0) is 4.74 Å². The normalized spacial score (nSPS) is 23.9. The average molecular weight is 385 g/mol. The Morgan fingerprint density at radius 2 is 1.81 bits per heavy atom. The summed E-state index contributed by atoms with van der Waals surface area (Å²) in [6.45, 7) is 7.89. The molecule has 144 valence electrons. The lowest BCUT2D eigenvalue weighted by Gasteiger charge is -2.36. The lowest BCUT2D eigenvalue weighted by Crippen LogP contribution is -2.39. The molecule has 2 saturated heterocycles. The van der Waals surface area contributed by atoms with Crippen molar-refractivity contribution in [2.75, 3.05) is 31.2 Å². The van der Waals surface area contributed by atoms with Gasteiger partial charge < -0.3 is 9.64 Å². The molecular formula is C21H28N4OS. The molecule has 2 atom stereocenters. The third kappa shape index (κ3) is 4.17. The first-order valence-electron chi connectivity index (χ1n) is 9.93. The summed E-state index contributed by atoms with van der Waals surface area (Å²) in [6, 6.07) is 11.4. The van der Waals surface area contributed by atoms with Crippen molar-refractivity contribution in [3.05, 3.63) is 35.2 Å². The van der Waals surface area contributed by atoms with Crippen LogP contribution in [-0.4, -0.2) is 54.6 Å². The third-order valence-electron chi connectivity index (χ3n) is 5.43. The Labute approximate surface area is 165 Å². The van der Waals surface area contributed by atoms with E-state index in [1.807, 2.05) is 12.3 Å². The Morgan fingerprint density at radius 1 is 1.11 bits per heavy atom. The standard InChI is InChI=1S/C21H28N4OS/c1-16-7-6-8-17(2)25(16)22-15-19-20(18-9-4-3-5-10-18)23-21(27-19)24-11-13-26-14-12-24/h3-5,9-10,15-17H,6-8,11-14H2,1-2H3/b22-15-/t16-,17-/m1/s1. The number of rotatable bonds is 4. The molecule has 1 aromatic heterocycles. The number of nitrogens with zero attached hydrogens (tertiary/aromatic N) is 4. The monoisotopic (exact) mass is 384 g/mol. The van der Waals surface area contributed by atoms with Crippen molar-refractivity contribution in [1.29, 1.82) is 0 Å². The first kappa shape index (κ1) is 18.4. The van der Waals surface area contributed by atoms with Gasteiger partial charge in [-0.05, 0) is 33.1 Å². The van der Waals surface area contributed by atoms with Gasteiger partial charge >= 0.3 is 0 Å². The Hall–Kier alpha value is -1.92. The molecule has 0 saturated carbocycles. The lowest BCUT2D eigenvalue weighted by molar-refractivity contribution is 0.109. The molecule has 0 radical (unpaired) electrons. The summed E-state index contributed by atoms with van der Waals surface area (Å²) in [5, 5.41) is 8.23. The highest BCUT2D eigenvalue weighted by Crippen LogP contribution is 2.33. The van der Waals surface area contributed by atoms with E-state index in [1.54, 1.807) is 11.3 Å². The number of morpholine rings is 1. The molecule has 2 aliphatic heterocycles. The predicted molar refractivity (Wildman–Crippen MR) is 113 cm³/mol. The number of aromatic nitrogens is 1. The molecular weight excluding hydrogens is 356 g/mol. The number of thiazole rings is 1. The van der Waals surface area contributed by atoms with Crippen LogP contribution in [0.25, 0.3) is 11.3 Å². The van der Waals surface area contributed by atoms with Crippen molar-refractivity contribution >= 4 is 22.7 Å². The van der Waals surface area contributed by atoms with E-state index in [0.717, 1.165) is 47.6 Å². The first-order valence-corrected chi connectivity index (χ1v) is 10.8. The minimum Gasteiger partial charge on any atom is -0.378 e. The molecule has 3 heterocycles. The topological polar surface area (TPSA) is 41.0 Å². The van der Waals surface area contributed by atoms with Crippen LogP contribution < -0.4 is 4.90 Å². The van der Waals surface area contributed by atoms with Crippen LogP contribution in [0.2, 0.25) is 0 Å². The fraction of sp³-hybridized carbons (Fsp3) is 0.524. The molecule has 2 aliphatic rings. The van der Waals surface area contributed by atoms with Gasteiger partial charge in [0, 0.05) is 30.7 Å². The summed E-state index contributed by atoms with van der Waals surface area (Å²) in [4.78, 5) is 8.44. The Bertz CT molecular complexity index is 760. The SMILES string of the molecule is C[C@@H]1CCC[C@@H](C)N1/N=C\c1sc(N2CCOCC2)nc1-c1ccccc1. The minimum atomic E-state index is 0.497. The fourth-order valence-corrected chi connectivity index (χ4v) is 4.86. The number of benzene rings is 1. The van der Waals surface area contributed by atoms with Gasteiger partial charge in [-0.1, -0.05) is 41.7 Å². The maximum Gasteiger partial charge on any atom is 0.186 e. The van der Waals surface area contributed by atoms with E-state index < -0.39 is 0 Å². The van der Waals surface area contributed by atoms with Gasteiger partial charge in [0.2, 0.25) is 0 Å². The molecule has 4 rings (SSSR count). The van der Waals surface area contributed by atoms with E-state index in [0.29, 0.717) is 12.1 Å². The summed E-state index contributed by atoms with van der Waals surface area (Å²) in [5.41, 5.74) is 2.18. The van der Waals surface area contributed by atoms with Crippen molar-refractivity contribution in [2.24, 2.45) is 5.10 Å². The Balaban J connectivity index is 1.65. The van der Waals surface area contributed by atoms with Crippen LogP contribution in [0.15, 0.2) is 35.4 Å². The number of anilines is 1. The van der Waals surface area contributed by atoms with E-state index in [9.17, 15) is 0 Å². The van der Waals surface area contributed by atoms with Gasteiger partial charge in [0.05, 0.1) is 30.0 Å². The summed E-state index contributed by atoms with van der Waals surface area (Å²) in [5.74, 6) is 0. The van der Waals surface area contributed by atoms with Crippen LogP contribution in [0.1, 0.15) is 38.0 Å². The zero-order chi connectivity index (χ0) is 18.6. The third-order valence-corrected chi connectivity index (χ3v) is 6.48. The molecule has 0 unspecified atom stereocenters. The molecule has 1 aromatic carbocycles. The largest absolute Gasteiger partial charge is 0.378 e. The lowest BCUT2D eigenvalue weighted by atomic mass is 10.00. The molecule has 0 spiro atoms. The molecule has 0 aliphatic carbocycles. The molecule has 0 N–H and O–H groups in total. The second-order valence-corrected chi connectivity index (χ2v) is 8.44. The van der Waals surface area contributed by atoms with Crippen molar-refractivity contribution < 1.29 is 4.74 Å². The molecule has 6 heteroatoms. The number of hydrazone groups is 1. The quantitative estimate of drug-likeness (QED) is 0.739. The summed E-state index contributed by atoms with van der Waals surface area (Å²) in [6.07, 6.45) is 5.76. The molecule has 2 fully saturated rings. The summed E-state index contributed by atoms with van der Waals surface area (Å²) < 4.78 is 5.50. The first-order chi connectivity index (χ1) is 13.2. The van der Waals surface area contributed by atoms with Crippen molar-refractivity contribution in [2.45, 2.75) is 45.2 Å². The van der Waals surface area contributed by atoms with Crippen molar-refractivity contribution in [3.8, 4) is 11.3 Å². The van der Waals surface area contributed by atoms with Gasteiger partial charge in [0.15, 0.2) is 5.13 Å². The summed E-state index contributed by atoms with van der Waals surface area (Å²) in [7, 11) is 0. The zero-order valence-electron chi connectivity index (χ0n) is 16.2. The molecule has 5 nitrogen and oxygen atoms in total. The number of hydrogen-bond acceptors (Lipinski definition) is 6. The van der Waals surface area contributed by atoms with Crippen LogP contribution >= 0.6 is 11.3 Å². The molecule has 27 heavy (non-hydrogen) atoms. The van der Waals surface area contributed by atoms with Gasteiger partial charge in [-0.15, -0.1) is 0 Å². The maximum absolute atomic E-state index is 5.50. The smallest absolute Gasteiger partial charge is 0.186 e. The van der Waals surface area contributed by atoms with Crippen LogP contribution in [0, 0.1) is 0 Å². The van der Waals surface area contributed by atoms with E-state index in [2.05, 4.69) is 48.0 Å². The number of hydrogen-bond donors (Lipinski definition) is 0. The van der Waals surface area contributed by atoms with E-state index in [4.69, 9.17) is 14.8 Å². The predicted octanol–water partition coefficient (Wildman–Crippen LogP) is 4.24. The van der Waals surface area contributed by atoms with Crippen LogP contribution in [0.3, 0.4) is 0 Å². The van der Waals surface area contributed by atoms with Gasteiger partial charge in [-0.25, -0.2) is 4.98 Å². The second-order valence-electron chi connectivity index (χ2n) is 7.43. The number of ether oxygens (including phenoxy) is 1. The number of piperidine rings is 1. The second kappa shape index (κ2) is 8.40. The average Bonchev–Trinajstić information content (AvgIpc) is 3.13. The highest BCUT2D eigenvalue weighted by Gasteiger charge is 2.23. The summed E-state index contributed by atoms with van der Waals surface area (Å²) >= 11 is 1.74. The van der Waals surface area contributed by atoms with Crippen LogP contribution in [0.4, 0.5) is 5.13 Å². The maximum atomic E-state index is 5.50. The van der Waals surface area contributed by atoms with Crippen molar-refractivity contribution in [3.63, 3.8) is 0 Å². The molecule has 0 amide bonds. The van der Waals surface area contributed by atoms with Gasteiger partial charge in [0.1, 0.15) is 0 Å². The van der Waals surface area contributed by atoms with Gasteiger partial charge in [-0.2, -0.15) is 5.10 Å². The highest BCUT2D eigenvalue weighted by molar-refractivity contribution is 7.17. The van der Waals surface area contributed by atoms with E-state index >= 15 is 0 Å². The van der Waals surface area contributed by atoms with Crippen molar-refractivity contribution in [1.82, 2.24) is 9.99 Å². The van der Waals surface area contributed by atoms with Gasteiger partial charge in [0.25, 0.3) is 0 Å². The molecule has 2 aromatic rings.